The van der Waals surface area contributed by atoms with E-state index in [2.05, 4.69) is 15.6 Å². The Labute approximate surface area is 181 Å². The summed E-state index contributed by atoms with van der Waals surface area (Å²) in [5, 5.41) is 5.34. The number of nitrogens with one attached hydrogen (secondary N) is 2. The zero-order valence-corrected chi connectivity index (χ0v) is 17.9. The summed E-state index contributed by atoms with van der Waals surface area (Å²) in [6, 6.07) is 11.0. The summed E-state index contributed by atoms with van der Waals surface area (Å²) in [7, 11) is 1.56. The Balaban J connectivity index is 1.84. The van der Waals surface area contributed by atoms with Crippen LogP contribution in [-0.2, 0) is 15.0 Å². The summed E-state index contributed by atoms with van der Waals surface area (Å²) in [4.78, 5) is 44.8. The lowest BCUT2D eigenvalue weighted by atomic mass is 9.75. The quantitative estimate of drug-likeness (QED) is 0.766. The Morgan fingerprint density at radius 3 is 2.48 bits per heavy atom. The molecule has 2 aromatic rings. The van der Waals surface area contributed by atoms with Gasteiger partial charge in [0.25, 0.3) is 5.91 Å². The van der Waals surface area contributed by atoms with Gasteiger partial charge in [0.15, 0.2) is 0 Å². The van der Waals surface area contributed by atoms with Crippen molar-refractivity contribution < 1.29 is 18.8 Å². The number of rotatable bonds is 5. The Kier molecular flexibility index (Phi) is 6.38. The van der Waals surface area contributed by atoms with E-state index in [1.54, 1.807) is 50.2 Å². The van der Waals surface area contributed by atoms with E-state index in [9.17, 15) is 18.8 Å². The standard InChI is InChI=1S/C23H27FN4O3/c1-22(2,27-19(29)16-9-4-5-10-17(16)24)21(31)28-14-8-12-23(15-28,20(30)25-3)18-11-6-7-13-26-18/h4-7,9-11,13H,8,12,14-15H2,1-3H3,(H,25,30)(H,27,29). The molecule has 7 nitrogen and oxygen atoms in total. The number of aromatic nitrogens is 1. The molecule has 1 atom stereocenters. The van der Waals surface area contributed by atoms with Gasteiger partial charge in [0.05, 0.1) is 11.3 Å². The number of piperidine rings is 1. The van der Waals surface area contributed by atoms with Crippen LogP contribution in [0.15, 0.2) is 48.7 Å². The van der Waals surface area contributed by atoms with Gasteiger partial charge in [-0.05, 0) is 51.0 Å². The van der Waals surface area contributed by atoms with E-state index < -0.39 is 22.7 Å². The highest BCUT2D eigenvalue weighted by Gasteiger charge is 2.47. The topological polar surface area (TPSA) is 91.4 Å². The predicted molar refractivity (Wildman–Crippen MR) is 114 cm³/mol. The predicted octanol–water partition coefficient (Wildman–Crippen LogP) is 2.04. The first-order chi connectivity index (χ1) is 14.7. The highest BCUT2D eigenvalue weighted by molar-refractivity contribution is 5.99. The Morgan fingerprint density at radius 1 is 1.13 bits per heavy atom. The minimum atomic E-state index is -1.30. The number of nitrogens with zero attached hydrogens (tertiary/aromatic N) is 2. The number of pyridine rings is 1. The van der Waals surface area contributed by atoms with Gasteiger partial charge in [-0.25, -0.2) is 4.39 Å². The second-order valence-electron chi connectivity index (χ2n) is 8.27. The number of amides is 3. The molecule has 1 aromatic heterocycles. The summed E-state index contributed by atoms with van der Waals surface area (Å²) >= 11 is 0. The van der Waals surface area contributed by atoms with Crippen LogP contribution >= 0.6 is 0 Å². The van der Waals surface area contributed by atoms with Crippen molar-refractivity contribution in [2.45, 2.75) is 37.6 Å². The van der Waals surface area contributed by atoms with Gasteiger partial charge in [-0.15, -0.1) is 0 Å². The summed E-state index contributed by atoms with van der Waals surface area (Å²) in [6.45, 7) is 3.74. The van der Waals surface area contributed by atoms with Gasteiger partial charge < -0.3 is 15.5 Å². The van der Waals surface area contributed by atoms with Gasteiger partial charge in [-0.1, -0.05) is 18.2 Å². The Morgan fingerprint density at radius 2 is 1.84 bits per heavy atom. The first kappa shape index (κ1) is 22.4. The number of benzene rings is 1. The highest BCUT2D eigenvalue weighted by atomic mass is 19.1. The van der Waals surface area contributed by atoms with Crippen molar-refractivity contribution in [1.29, 1.82) is 0 Å². The van der Waals surface area contributed by atoms with Crippen molar-refractivity contribution >= 4 is 17.7 Å². The fraction of sp³-hybridized carbons (Fsp3) is 0.391. The average molecular weight is 426 g/mol. The van der Waals surface area contributed by atoms with Crippen molar-refractivity contribution in [2.75, 3.05) is 20.1 Å². The molecule has 3 amide bonds. The van der Waals surface area contributed by atoms with E-state index in [1.807, 2.05) is 6.07 Å². The van der Waals surface area contributed by atoms with Crippen LogP contribution in [0.25, 0.3) is 0 Å². The summed E-state index contributed by atoms with van der Waals surface area (Å²) in [5.41, 5.74) is -1.81. The van der Waals surface area contributed by atoms with Crippen LogP contribution in [0.5, 0.6) is 0 Å². The number of hydrogen-bond donors (Lipinski definition) is 2. The maximum Gasteiger partial charge on any atom is 0.255 e. The van der Waals surface area contributed by atoms with Gasteiger partial charge >= 0.3 is 0 Å². The Bertz CT molecular complexity index is 980. The van der Waals surface area contributed by atoms with Gasteiger partial charge in [0, 0.05) is 26.3 Å². The molecular weight excluding hydrogens is 399 g/mol. The molecule has 0 saturated carbocycles. The molecule has 2 heterocycles. The number of hydrogen-bond acceptors (Lipinski definition) is 4. The lowest BCUT2D eigenvalue weighted by Gasteiger charge is -2.43. The van der Waals surface area contributed by atoms with E-state index in [0.29, 0.717) is 25.1 Å². The van der Waals surface area contributed by atoms with Crippen LogP contribution in [0, 0.1) is 5.82 Å². The molecule has 0 aliphatic carbocycles. The zero-order chi connectivity index (χ0) is 22.6. The van der Waals surface area contributed by atoms with E-state index >= 15 is 0 Å². The van der Waals surface area contributed by atoms with Crippen molar-refractivity contribution in [2.24, 2.45) is 0 Å². The SMILES string of the molecule is CNC(=O)C1(c2ccccn2)CCCN(C(=O)C(C)(C)NC(=O)c2ccccc2F)C1. The maximum atomic E-state index is 14.0. The molecule has 1 aromatic carbocycles. The maximum absolute atomic E-state index is 14.0. The van der Waals surface area contributed by atoms with E-state index in [1.165, 1.54) is 18.2 Å². The average Bonchev–Trinajstić information content (AvgIpc) is 2.78. The summed E-state index contributed by atoms with van der Waals surface area (Å²) < 4.78 is 14.0. The van der Waals surface area contributed by atoms with E-state index in [0.717, 1.165) is 0 Å². The fourth-order valence-corrected chi connectivity index (χ4v) is 4.07. The molecule has 1 unspecified atom stereocenters. The van der Waals surface area contributed by atoms with Gasteiger partial charge in [0.1, 0.15) is 16.8 Å². The number of halogens is 1. The summed E-state index contributed by atoms with van der Waals surface area (Å²) in [5.74, 6) is -1.89. The molecule has 1 aliphatic heterocycles. The molecule has 3 rings (SSSR count). The molecule has 0 radical (unpaired) electrons. The third-order valence-electron chi connectivity index (χ3n) is 5.68. The molecule has 1 fully saturated rings. The number of carbonyl (C=O) groups excluding carboxylic acids is 3. The van der Waals surface area contributed by atoms with Gasteiger partial charge in [-0.2, -0.15) is 0 Å². The molecule has 0 bridgehead atoms. The van der Waals surface area contributed by atoms with Crippen LogP contribution in [0.3, 0.4) is 0 Å². The van der Waals surface area contributed by atoms with Crippen molar-refractivity contribution in [1.82, 2.24) is 20.5 Å². The van der Waals surface area contributed by atoms with Crippen LogP contribution in [0.4, 0.5) is 4.39 Å². The minimum absolute atomic E-state index is 0.129. The molecule has 1 aliphatic rings. The smallest absolute Gasteiger partial charge is 0.255 e. The highest BCUT2D eigenvalue weighted by Crippen LogP contribution is 2.34. The first-order valence-corrected chi connectivity index (χ1v) is 10.2. The molecule has 2 N–H and O–H groups in total. The molecular formula is C23H27FN4O3. The monoisotopic (exact) mass is 426 g/mol. The fourth-order valence-electron chi connectivity index (χ4n) is 4.07. The lowest BCUT2D eigenvalue weighted by Crippen LogP contribution is -2.62. The first-order valence-electron chi connectivity index (χ1n) is 10.2. The normalized spacial score (nSPS) is 18.9. The largest absolute Gasteiger partial charge is 0.358 e. The molecule has 31 heavy (non-hydrogen) atoms. The molecule has 1 saturated heterocycles. The minimum Gasteiger partial charge on any atom is -0.358 e. The van der Waals surface area contributed by atoms with Crippen molar-refractivity contribution in [3.8, 4) is 0 Å². The number of carbonyl (C=O) groups is 3. The number of likely N-dealkylation sites (N-methyl/N-ethyl adjacent to an activating group) is 1. The van der Waals surface area contributed by atoms with Crippen molar-refractivity contribution in [3.63, 3.8) is 0 Å². The van der Waals surface area contributed by atoms with Crippen LogP contribution in [-0.4, -0.2) is 53.3 Å². The van der Waals surface area contributed by atoms with Crippen LogP contribution in [0.1, 0.15) is 42.7 Å². The van der Waals surface area contributed by atoms with Crippen LogP contribution in [0.2, 0.25) is 0 Å². The van der Waals surface area contributed by atoms with E-state index in [4.69, 9.17) is 0 Å². The molecule has 8 heteroatoms. The van der Waals surface area contributed by atoms with Crippen molar-refractivity contribution in [3.05, 3.63) is 65.7 Å². The molecule has 0 spiro atoms. The zero-order valence-electron chi connectivity index (χ0n) is 17.9. The summed E-state index contributed by atoms with van der Waals surface area (Å²) in [6.07, 6.45) is 2.78. The van der Waals surface area contributed by atoms with Gasteiger partial charge in [0.2, 0.25) is 11.8 Å². The van der Waals surface area contributed by atoms with Crippen LogP contribution < -0.4 is 10.6 Å². The number of likely N-dealkylation sites (tertiary alicyclic amines) is 1. The lowest BCUT2D eigenvalue weighted by molar-refractivity contribution is -0.141. The molecule has 164 valence electrons. The second kappa shape index (κ2) is 8.83. The third-order valence-corrected chi connectivity index (χ3v) is 5.68. The Hall–Kier alpha value is -3.29. The third kappa shape index (κ3) is 4.42. The second-order valence-corrected chi connectivity index (χ2v) is 8.27. The van der Waals surface area contributed by atoms with E-state index in [-0.39, 0.29) is 23.9 Å². The van der Waals surface area contributed by atoms with Gasteiger partial charge in [-0.3, -0.25) is 19.4 Å².